The molecule has 1 aromatic rings. The number of carbonyl (C=O) groups is 1. The van der Waals surface area contributed by atoms with E-state index in [9.17, 15) is 13.2 Å². The molecule has 98 valence electrons. The van der Waals surface area contributed by atoms with Crippen LogP contribution in [0.1, 0.15) is 0 Å². The van der Waals surface area contributed by atoms with Gasteiger partial charge < -0.3 is 5.32 Å². The van der Waals surface area contributed by atoms with Crippen LogP contribution >= 0.6 is 11.6 Å². The molecule has 7 heteroatoms. The largest absolute Gasteiger partial charge is 0.326 e. The van der Waals surface area contributed by atoms with Crippen LogP contribution in [0.25, 0.3) is 0 Å². The minimum Gasteiger partial charge on any atom is -0.326 e. The molecule has 0 saturated carbocycles. The van der Waals surface area contributed by atoms with Crippen LogP contribution in [0.5, 0.6) is 0 Å². The van der Waals surface area contributed by atoms with E-state index in [4.69, 9.17) is 11.6 Å². The molecule has 0 spiro atoms. The van der Waals surface area contributed by atoms with Crippen molar-refractivity contribution in [3.8, 4) is 0 Å². The Morgan fingerprint density at radius 1 is 1.33 bits per heavy atom. The summed E-state index contributed by atoms with van der Waals surface area (Å²) in [4.78, 5) is 11.8. The standard InChI is InChI=1S/C11H13ClN2O3S/c1-18(16,17)14-6-8(7-14)11(15)13-10-4-2-9(12)3-5-10/h2-5,8H,6-7H2,1H3,(H,13,15). The number of benzene rings is 1. The van der Waals surface area contributed by atoms with E-state index < -0.39 is 10.0 Å². The first-order valence-electron chi connectivity index (χ1n) is 5.38. The molecule has 1 heterocycles. The summed E-state index contributed by atoms with van der Waals surface area (Å²) in [6, 6.07) is 6.77. The van der Waals surface area contributed by atoms with Gasteiger partial charge in [0.05, 0.1) is 12.2 Å². The molecule has 1 saturated heterocycles. The van der Waals surface area contributed by atoms with E-state index in [2.05, 4.69) is 5.32 Å². The maximum absolute atomic E-state index is 11.8. The lowest BCUT2D eigenvalue weighted by atomic mass is 10.0. The monoisotopic (exact) mass is 288 g/mol. The Bertz CT molecular complexity index is 550. The lowest BCUT2D eigenvalue weighted by Crippen LogP contribution is -2.53. The van der Waals surface area contributed by atoms with Gasteiger partial charge in [0.1, 0.15) is 0 Å². The highest BCUT2D eigenvalue weighted by atomic mass is 35.5. The van der Waals surface area contributed by atoms with Gasteiger partial charge in [-0.15, -0.1) is 0 Å². The second-order valence-corrected chi connectivity index (χ2v) is 6.69. The number of hydrogen-bond acceptors (Lipinski definition) is 3. The highest BCUT2D eigenvalue weighted by Crippen LogP contribution is 2.21. The van der Waals surface area contributed by atoms with Gasteiger partial charge in [0, 0.05) is 23.8 Å². The molecule has 0 radical (unpaired) electrons. The predicted molar refractivity (Wildman–Crippen MR) is 70.0 cm³/mol. The highest BCUT2D eigenvalue weighted by Gasteiger charge is 2.37. The Kier molecular flexibility index (Phi) is 3.61. The Morgan fingerprint density at radius 2 is 1.89 bits per heavy atom. The smallest absolute Gasteiger partial charge is 0.230 e. The summed E-state index contributed by atoms with van der Waals surface area (Å²) >= 11 is 5.73. The lowest BCUT2D eigenvalue weighted by molar-refractivity contribution is -0.122. The molecule has 0 unspecified atom stereocenters. The van der Waals surface area contributed by atoms with E-state index in [1.807, 2.05) is 0 Å². The van der Waals surface area contributed by atoms with Crippen molar-refractivity contribution >= 4 is 33.2 Å². The summed E-state index contributed by atoms with van der Waals surface area (Å²) in [6.45, 7) is 0.497. The minimum atomic E-state index is -3.18. The average Bonchev–Trinajstić information content (AvgIpc) is 2.17. The fourth-order valence-electron chi connectivity index (χ4n) is 1.65. The zero-order chi connectivity index (χ0) is 13.3. The fourth-order valence-corrected chi connectivity index (χ4v) is 2.68. The predicted octanol–water partition coefficient (Wildman–Crippen LogP) is 1.17. The number of anilines is 1. The van der Waals surface area contributed by atoms with Crippen molar-refractivity contribution in [3.63, 3.8) is 0 Å². The number of sulfonamides is 1. The molecule has 0 aromatic heterocycles. The number of nitrogens with zero attached hydrogens (tertiary/aromatic N) is 1. The van der Waals surface area contributed by atoms with Crippen LogP contribution in [0.2, 0.25) is 5.02 Å². The molecular weight excluding hydrogens is 276 g/mol. The third kappa shape index (κ3) is 3.01. The Hall–Kier alpha value is -1.11. The number of nitrogens with one attached hydrogen (secondary N) is 1. The quantitative estimate of drug-likeness (QED) is 0.908. The second-order valence-electron chi connectivity index (χ2n) is 4.27. The van der Waals surface area contributed by atoms with Gasteiger partial charge in [-0.1, -0.05) is 11.6 Å². The summed E-state index contributed by atoms with van der Waals surface area (Å²) in [5, 5.41) is 3.32. The third-order valence-electron chi connectivity index (χ3n) is 2.80. The zero-order valence-corrected chi connectivity index (χ0v) is 11.3. The molecule has 1 aromatic carbocycles. The van der Waals surface area contributed by atoms with E-state index in [1.54, 1.807) is 24.3 Å². The molecule has 1 aliphatic heterocycles. The van der Waals surface area contributed by atoms with E-state index >= 15 is 0 Å². The average molecular weight is 289 g/mol. The maximum Gasteiger partial charge on any atom is 0.230 e. The zero-order valence-electron chi connectivity index (χ0n) is 9.76. The van der Waals surface area contributed by atoms with Gasteiger partial charge in [0.15, 0.2) is 0 Å². The van der Waals surface area contributed by atoms with Crippen LogP contribution in [-0.4, -0.2) is 38.0 Å². The molecule has 2 rings (SSSR count). The first-order chi connectivity index (χ1) is 8.36. The minimum absolute atomic E-state index is 0.169. The lowest BCUT2D eigenvalue weighted by Gasteiger charge is -2.35. The van der Waals surface area contributed by atoms with Gasteiger partial charge >= 0.3 is 0 Å². The van der Waals surface area contributed by atoms with Crippen molar-refractivity contribution in [2.24, 2.45) is 5.92 Å². The molecule has 1 aliphatic rings. The first kappa shape index (κ1) is 13.3. The van der Waals surface area contributed by atoms with Crippen LogP contribution in [-0.2, 0) is 14.8 Å². The summed E-state index contributed by atoms with van der Waals surface area (Å²) in [5.41, 5.74) is 0.655. The van der Waals surface area contributed by atoms with Gasteiger partial charge in [-0.25, -0.2) is 12.7 Å². The van der Waals surface area contributed by atoms with Crippen molar-refractivity contribution < 1.29 is 13.2 Å². The van der Waals surface area contributed by atoms with Gasteiger partial charge in [-0.2, -0.15) is 0 Å². The molecule has 1 fully saturated rings. The highest BCUT2D eigenvalue weighted by molar-refractivity contribution is 7.88. The fraction of sp³-hybridized carbons (Fsp3) is 0.364. The summed E-state index contributed by atoms with van der Waals surface area (Å²) in [5.74, 6) is -0.451. The normalized spacial score (nSPS) is 17.2. The molecule has 1 N–H and O–H groups in total. The molecule has 1 amide bonds. The van der Waals surface area contributed by atoms with Crippen LogP contribution in [0.4, 0.5) is 5.69 Å². The summed E-state index contributed by atoms with van der Waals surface area (Å²) in [7, 11) is -3.18. The van der Waals surface area contributed by atoms with Gasteiger partial charge in [-0.05, 0) is 24.3 Å². The number of halogens is 1. The third-order valence-corrected chi connectivity index (χ3v) is 4.29. The Labute approximate surface area is 111 Å². The van der Waals surface area contributed by atoms with Crippen LogP contribution in [0, 0.1) is 5.92 Å². The molecule has 0 atom stereocenters. The SMILES string of the molecule is CS(=O)(=O)N1CC(C(=O)Nc2ccc(Cl)cc2)C1. The molecule has 5 nitrogen and oxygen atoms in total. The summed E-state index contributed by atoms with van der Waals surface area (Å²) < 4.78 is 23.6. The van der Waals surface area contributed by atoms with Gasteiger partial charge in [-0.3, -0.25) is 4.79 Å². The van der Waals surface area contributed by atoms with E-state index in [1.165, 1.54) is 4.31 Å². The van der Waals surface area contributed by atoms with Crippen molar-refractivity contribution in [2.75, 3.05) is 24.7 Å². The topological polar surface area (TPSA) is 66.5 Å². The molecule has 0 bridgehead atoms. The van der Waals surface area contributed by atoms with Crippen LogP contribution in [0.15, 0.2) is 24.3 Å². The maximum atomic E-state index is 11.8. The second kappa shape index (κ2) is 4.87. The van der Waals surface area contributed by atoms with E-state index in [-0.39, 0.29) is 24.9 Å². The van der Waals surface area contributed by atoms with Gasteiger partial charge in [0.2, 0.25) is 15.9 Å². The first-order valence-corrected chi connectivity index (χ1v) is 7.60. The van der Waals surface area contributed by atoms with Crippen LogP contribution < -0.4 is 5.32 Å². The van der Waals surface area contributed by atoms with Crippen molar-refractivity contribution in [1.82, 2.24) is 4.31 Å². The summed E-state index contributed by atoms with van der Waals surface area (Å²) in [6.07, 6.45) is 1.14. The molecule has 18 heavy (non-hydrogen) atoms. The molecular formula is C11H13ClN2O3S. The Balaban J connectivity index is 1.89. The Morgan fingerprint density at radius 3 is 2.39 bits per heavy atom. The van der Waals surface area contributed by atoms with Crippen molar-refractivity contribution in [1.29, 1.82) is 0 Å². The molecule has 0 aliphatic carbocycles. The number of carbonyl (C=O) groups excluding carboxylic acids is 1. The van der Waals surface area contributed by atoms with E-state index in [0.29, 0.717) is 10.7 Å². The number of rotatable bonds is 3. The number of hydrogen-bond donors (Lipinski definition) is 1. The van der Waals surface area contributed by atoms with Crippen molar-refractivity contribution in [3.05, 3.63) is 29.3 Å². The van der Waals surface area contributed by atoms with E-state index in [0.717, 1.165) is 6.26 Å². The van der Waals surface area contributed by atoms with Crippen LogP contribution in [0.3, 0.4) is 0 Å². The number of amides is 1. The van der Waals surface area contributed by atoms with Gasteiger partial charge in [0.25, 0.3) is 0 Å². The van der Waals surface area contributed by atoms with Crippen molar-refractivity contribution in [2.45, 2.75) is 0 Å².